The maximum Gasteiger partial charge on any atom is 0.0552 e. The zero-order valence-electron chi connectivity index (χ0n) is 9.11. The molecule has 1 aromatic rings. The molecule has 0 aliphatic rings. The third-order valence-corrected chi connectivity index (χ3v) is 2.84. The van der Waals surface area contributed by atoms with Gasteiger partial charge in [0.05, 0.1) is 12.3 Å². The van der Waals surface area contributed by atoms with Crippen molar-refractivity contribution >= 4 is 11.8 Å². The minimum Gasteiger partial charge on any atom is -0.384 e. The molecular weight excluding hydrogens is 208 g/mol. The maximum absolute atomic E-state index is 4.97. The number of aromatic nitrogens is 1. The Bertz CT molecular complexity index is 244. The van der Waals surface area contributed by atoms with Crippen LogP contribution in [0.4, 0.5) is 0 Å². The van der Waals surface area contributed by atoms with E-state index in [9.17, 15) is 0 Å². The Morgan fingerprint density at radius 2 is 2.33 bits per heavy atom. The topological polar surface area (TPSA) is 34.1 Å². The van der Waals surface area contributed by atoms with Gasteiger partial charge in [0.15, 0.2) is 0 Å². The van der Waals surface area contributed by atoms with Crippen LogP contribution in [0.25, 0.3) is 0 Å². The average molecular weight is 226 g/mol. The normalized spacial score (nSPS) is 10.5. The average Bonchev–Trinajstić information content (AvgIpc) is 2.29. The fourth-order valence-electron chi connectivity index (χ4n) is 1.11. The van der Waals surface area contributed by atoms with E-state index < -0.39 is 0 Å². The van der Waals surface area contributed by atoms with Crippen molar-refractivity contribution in [3.05, 3.63) is 30.1 Å². The lowest BCUT2D eigenvalue weighted by Gasteiger charge is -2.03. The Balaban J connectivity index is 1.93. The van der Waals surface area contributed by atoms with Crippen LogP contribution in [0, 0.1) is 0 Å². The summed E-state index contributed by atoms with van der Waals surface area (Å²) in [5.74, 6) is 2.19. The van der Waals surface area contributed by atoms with Crippen molar-refractivity contribution in [2.45, 2.75) is 6.54 Å². The summed E-state index contributed by atoms with van der Waals surface area (Å²) < 4.78 is 4.97. The minimum absolute atomic E-state index is 0.838. The molecule has 3 nitrogen and oxygen atoms in total. The molecule has 0 amide bonds. The largest absolute Gasteiger partial charge is 0.384 e. The molecule has 0 atom stereocenters. The van der Waals surface area contributed by atoms with E-state index in [0.717, 1.165) is 36.9 Å². The monoisotopic (exact) mass is 226 g/mol. The van der Waals surface area contributed by atoms with Gasteiger partial charge in [0.25, 0.3) is 0 Å². The van der Waals surface area contributed by atoms with Crippen molar-refractivity contribution in [3.8, 4) is 0 Å². The molecule has 0 radical (unpaired) electrons. The van der Waals surface area contributed by atoms with Gasteiger partial charge in [-0.3, -0.25) is 4.98 Å². The number of hydrogen-bond acceptors (Lipinski definition) is 4. The fourth-order valence-corrected chi connectivity index (χ4v) is 1.89. The molecule has 1 aromatic heterocycles. The number of rotatable bonds is 8. The van der Waals surface area contributed by atoms with Crippen LogP contribution in [-0.4, -0.2) is 36.8 Å². The summed E-state index contributed by atoms with van der Waals surface area (Å²) in [6.45, 7) is 2.71. The third-order valence-electron chi connectivity index (χ3n) is 1.89. The lowest BCUT2D eigenvalue weighted by Crippen LogP contribution is -2.17. The first-order valence-corrected chi connectivity index (χ1v) is 6.26. The molecule has 1 rings (SSSR count). The summed E-state index contributed by atoms with van der Waals surface area (Å²) in [4.78, 5) is 4.24. The molecule has 0 aromatic carbocycles. The van der Waals surface area contributed by atoms with Crippen molar-refractivity contribution in [1.29, 1.82) is 0 Å². The highest BCUT2D eigenvalue weighted by atomic mass is 32.2. The van der Waals surface area contributed by atoms with E-state index in [2.05, 4.69) is 10.3 Å². The highest BCUT2D eigenvalue weighted by Gasteiger charge is 1.92. The summed E-state index contributed by atoms with van der Waals surface area (Å²) in [6.07, 6.45) is 1.82. The number of methoxy groups -OCH3 is 1. The molecule has 0 aliphatic carbocycles. The first-order chi connectivity index (χ1) is 7.43. The standard InChI is InChI=1S/C11H18N2OS/c1-14-7-9-15-8-6-12-10-11-4-2-3-5-13-11/h2-5,12H,6-10H2,1H3. The molecule has 1 heterocycles. The van der Waals surface area contributed by atoms with Crippen LogP contribution in [0.5, 0.6) is 0 Å². The molecule has 0 bridgehead atoms. The molecule has 0 spiro atoms. The van der Waals surface area contributed by atoms with Gasteiger partial charge >= 0.3 is 0 Å². The SMILES string of the molecule is COCCSCCNCc1ccccn1. The maximum atomic E-state index is 4.97. The molecule has 84 valence electrons. The van der Waals surface area contributed by atoms with E-state index in [-0.39, 0.29) is 0 Å². The number of nitrogens with one attached hydrogen (secondary N) is 1. The third kappa shape index (κ3) is 6.49. The van der Waals surface area contributed by atoms with Crippen LogP contribution in [0.3, 0.4) is 0 Å². The highest BCUT2D eigenvalue weighted by Crippen LogP contribution is 1.98. The Labute approximate surface area is 95.6 Å². The Morgan fingerprint density at radius 3 is 3.07 bits per heavy atom. The zero-order valence-corrected chi connectivity index (χ0v) is 9.93. The smallest absolute Gasteiger partial charge is 0.0552 e. The second-order valence-corrected chi connectivity index (χ2v) is 4.33. The predicted molar refractivity (Wildman–Crippen MR) is 65.1 cm³/mol. The summed E-state index contributed by atoms with van der Waals surface area (Å²) in [5.41, 5.74) is 1.10. The second-order valence-electron chi connectivity index (χ2n) is 3.10. The summed E-state index contributed by atoms with van der Waals surface area (Å²) >= 11 is 1.91. The quantitative estimate of drug-likeness (QED) is 0.682. The first-order valence-electron chi connectivity index (χ1n) is 5.11. The van der Waals surface area contributed by atoms with Crippen molar-refractivity contribution in [2.24, 2.45) is 0 Å². The Hall–Kier alpha value is -0.580. The molecule has 0 fully saturated rings. The van der Waals surface area contributed by atoms with Gasteiger partial charge in [0.2, 0.25) is 0 Å². The van der Waals surface area contributed by atoms with Crippen LogP contribution >= 0.6 is 11.8 Å². The highest BCUT2D eigenvalue weighted by molar-refractivity contribution is 7.99. The van der Waals surface area contributed by atoms with E-state index in [0.29, 0.717) is 0 Å². The van der Waals surface area contributed by atoms with E-state index in [1.165, 1.54) is 0 Å². The number of nitrogens with zero attached hydrogens (tertiary/aromatic N) is 1. The zero-order chi connectivity index (χ0) is 10.8. The molecule has 0 saturated heterocycles. The molecular formula is C11H18N2OS. The van der Waals surface area contributed by atoms with Gasteiger partial charge in [-0.05, 0) is 12.1 Å². The summed E-state index contributed by atoms with van der Waals surface area (Å²) in [6, 6.07) is 5.98. The number of hydrogen-bond donors (Lipinski definition) is 1. The lowest BCUT2D eigenvalue weighted by molar-refractivity contribution is 0.218. The number of pyridine rings is 1. The molecule has 4 heteroatoms. The van der Waals surface area contributed by atoms with Gasteiger partial charge < -0.3 is 10.1 Å². The number of ether oxygens (including phenoxy) is 1. The van der Waals surface area contributed by atoms with Crippen LogP contribution in [-0.2, 0) is 11.3 Å². The van der Waals surface area contributed by atoms with Gasteiger partial charge in [0.1, 0.15) is 0 Å². The van der Waals surface area contributed by atoms with Crippen LogP contribution in [0.1, 0.15) is 5.69 Å². The van der Waals surface area contributed by atoms with E-state index in [1.807, 2.05) is 36.2 Å². The van der Waals surface area contributed by atoms with Crippen molar-refractivity contribution in [1.82, 2.24) is 10.3 Å². The molecule has 0 unspecified atom stereocenters. The Kier molecular flexibility index (Phi) is 7.25. The van der Waals surface area contributed by atoms with Gasteiger partial charge in [-0.15, -0.1) is 0 Å². The number of thioether (sulfide) groups is 1. The molecule has 0 aliphatic heterocycles. The van der Waals surface area contributed by atoms with E-state index >= 15 is 0 Å². The van der Waals surface area contributed by atoms with E-state index in [4.69, 9.17) is 4.74 Å². The second kappa shape index (κ2) is 8.71. The van der Waals surface area contributed by atoms with Gasteiger partial charge in [-0.2, -0.15) is 11.8 Å². The van der Waals surface area contributed by atoms with Gasteiger partial charge in [-0.1, -0.05) is 6.07 Å². The van der Waals surface area contributed by atoms with Crippen molar-refractivity contribution in [3.63, 3.8) is 0 Å². The minimum atomic E-state index is 0.838. The van der Waals surface area contributed by atoms with Crippen LogP contribution in [0.15, 0.2) is 24.4 Å². The van der Waals surface area contributed by atoms with Gasteiger partial charge in [-0.25, -0.2) is 0 Å². The van der Waals surface area contributed by atoms with Crippen LogP contribution < -0.4 is 5.32 Å². The molecule has 15 heavy (non-hydrogen) atoms. The molecule has 0 saturated carbocycles. The van der Waals surface area contributed by atoms with E-state index in [1.54, 1.807) is 7.11 Å². The van der Waals surface area contributed by atoms with Crippen LogP contribution in [0.2, 0.25) is 0 Å². The van der Waals surface area contributed by atoms with Crippen molar-refractivity contribution in [2.75, 3.05) is 31.8 Å². The predicted octanol–water partition coefficient (Wildman–Crippen LogP) is 1.55. The summed E-state index contributed by atoms with van der Waals surface area (Å²) in [5, 5.41) is 3.35. The van der Waals surface area contributed by atoms with Crippen molar-refractivity contribution < 1.29 is 4.74 Å². The Morgan fingerprint density at radius 1 is 1.40 bits per heavy atom. The lowest BCUT2D eigenvalue weighted by atomic mass is 10.3. The summed E-state index contributed by atoms with van der Waals surface area (Å²) in [7, 11) is 1.74. The fraction of sp³-hybridized carbons (Fsp3) is 0.545. The molecule has 1 N–H and O–H groups in total. The van der Waals surface area contributed by atoms with Gasteiger partial charge in [0, 0.05) is 37.9 Å². The first kappa shape index (κ1) is 12.5.